The molecular weight excluding hydrogens is 238 g/mol. The molecule has 1 unspecified atom stereocenters. The van der Waals surface area contributed by atoms with Gasteiger partial charge < -0.3 is 15.2 Å². The van der Waals surface area contributed by atoms with Gasteiger partial charge in [0.2, 0.25) is 0 Å². The minimum Gasteiger partial charge on any atom is -0.497 e. The third kappa shape index (κ3) is 3.38. The van der Waals surface area contributed by atoms with Crippen LogP contribution in [-0.2, 0) is 0 Å². The van der Waals surface area contributed by atoms with Gasteiger partial charge in [0.1, 0.15) is 18.1 Å². The molecule has 1 aromatic rings. The molecule has 1 atom stereocenters. The van der Waals surface area contributed by atoms with Gasteiger partial charge in [0, 0.05) is 11.6 Å². The first-order valence-electron chi connectivity index (χ1n) is 5.45. The zero-order chi connectivity index (χ0) is 11.5. The van der Waals surface area contributed by atoms with E-state index >= 15 is 0 Å². The molecule has 0 saturated carbocycles. The summed E-state index contributed by atoms with van der Waals surface area (Å²) in [6, 6.07) is 5.99. The van der Waals surface area contributed by atoms with Crippen LogP contribution in [0.5, 0.6) is 11.5 Å². The van der Waals surface area contributed by atoms with E-state index in [2.05, 4.69) is 6.08 Å². The Balaban J connectivity index is 0.00000144. The van der Waals surface area contributed by atoms with E-state index in [9.17, 15) is 0 Å². The van der Waals surface area contributed by atoms with E-state index in [1.807, 2.05) is 25.1 Å². The zero-order valence-electron chi connectivity index (χ0n) is 10.1. The summed E-state index contributed by atoms with van der Waals surface area (Å²) in [4.78, 5) is 0. The van der Waals surface area contributed by atoms with Crippen molar-refractivity contribution in [3.8, 4) is 11.5 Å². The Morgan fingerprint density at radius 1 is 1.47 bits per heavy atom. The molecule has 94 valence electrons. The number of fused-ring (bicyclic) bond motifs is 1. The highest BCUT2D eigenvalue weighted by Crippen LogP contribution is 2.30. The molecule has 1 aliphatic rings. The summed E-state index contributed by atoms with van der Waals surface area (Å²) in [6.07, 6.45) is 3.02. The number of hydrogen-bond acceptors (Lipinski definition) is 3. The average molecular weight is 256 g/mol. The van der Waals surface area contributed by atoms with Crippen LogP contribution in [0, 0.1) is 0 Å². The molecule has 17 heavy (non-hydrogen) atoms. The Morgan fingerprint density at radius 3 is 2.88 bits per heavy atom. The van der Waals surface area contributed by atoms with E-state index in [1.54, 1.807) is 7.11 Å². The van der Waals surface area contributed by atoms with Crippen molar-refractivity contribution >= 4 is 18.5 Å². The molecule has 0 radical (unpaired) electrons. The van der Waals surface area contributed by atoms with Gasteiger partial charge in [-0.2, -0.15) is 0 Å². The van der Waals surface area contributed by atoms with Gasteiger partial charge in [-0.1, -0.05) is 0 Å². The Bertz CT molecular complexity index is 416. The van der Waals surface area contributed by atoms with E-state index in [0.29, 0.717) is 6.61 Å². The van der Waals surface area contributed by atoms with Crippen molar-refractivity contribution in [3.63, 3.8) is 0 Å². The van der Waals surface area contributed by atoms with E-state index in [-0.39, 0.29) is 18.4 Å². The molecule has 0 bridgehead atoms. The predicted molar refractivity (Wildman–Crippen MR) is 72.0 cm³/mol. The fourth-order valence-electron chi connectivity index (χ4n) is 1.86. The summed E-state index contributed by atoms with van der Waals surface area (Å²) < 4.78 is 10.8. The van der Waals surface area contributed by atoms with Crippen molar-refractivity contribution in [2.75, 3.05) is 13.7 Å². The molecule has 1 heterocycles. The number of methoxy groups -OCH3 is 1. The van der Waals surface area contributed by atoms with Crippen LogP contribution >= 0.6 is 12.4 Å². The maximum Gasteiger partial charge on any atom is 0.127 e. The van der Waals surface area contributed by atoms with Gasteiger partial charge in [0.25, 0.3) is 0 Å². The minimum absolute atomic E-state index is 0. The van der Waals surface area contributed by atoms with Crippen molar-refractivity contribution in [3.05, 3.63) is 29.3 Å². The van der Waals surface area contributed by atoms with E-state index in [0.717, 1.165) is 23.5 Å². The quantitative estimate of drug-likeness (QED) is 0.903. The molecular formula is C13H18ClNO2. The summed E-state index contributed by atoms with van der Waals surface area (Å²) in [7, 11) is 1.66. The smallest absolute Gasteiger partial charge is 0.127 e. The highest BCUT2D eigenvalue weighted by molar-refractivity contribution is 5.85. The molecule has 0 aromatic heterocycles. The molecule has 2 rings (SSSR count). The molecule has 1 aliphatic heterocycles. The molecule has 0 saturated heterocycles. The van der Waals surface area contributed by atoms with Crippen LogP contribution in [0.15, 0.2) is 23.8 Å². The van der Waals surface area contributed by atoms with Crippen molar-refractivity contribution in [1.82, 2.24) is 0 Å². The third-order valence-electron chi connectivity index (χ3n) is 2.57. The largest absolute Gasteiger partial charge is 0.497 e. The summed E-state index contributed by atoms with van der Waals surface area (Å²) in [5.74, 6) is 1.76. The number of ether oxygens (including phenoxy) is 2. The number of rotatable bonds is 3. The summed E-state index contributed by atoms with van der Waals surface area (Å²) in [5, 5.41) is 0. The second kappa shape index (κ2) is 5.94. The molecule has 0 fully saturated rings. The number of halogens is 1. The first kappa shape index (κ1) is 13.9. The van der Waals surface area contributed by atoms with Gasteiger partial charge >= 0.3 is 0 Å². The lowest BCUT2D eigenvalue weighted by Gasteiger charge is -2.19. The topological polar surface area (TPSA) is 44.5 Å². The normalized spacial score (nSPS) is 14.9. The van der Waals surface area contributed by atoms with Crippen LogP contribution in [0.1, 0.15) is 18.9 Å². The SMILES string of the molecule is COc1ccc2c(c1)C=C(CC(C)N)CO2.Cl. The summed E-state index contributed by atoms with van der Waals surface area (Å²) >= 11 is 0. The maximum absolute atomic E-state index is 5.78. The first-order chi connectivity index (χ1) is 7.69. The van der Waals surface area contributed by atoms with Crippen LogP contribution in [0.3, 0.4) is 0 Å². The minimum atomic E-state index is 0. The Labute approximate surface area is 108 Å². The zero-order valence-corrected chi connectivity index (χ0v) is 10.9. The summed E-state index contributed by atoms with van der Waals surface area (Å²) in [6.45, 7) is 2.64. The molecule has 3 nitrogen and oxygen atoms in total. The van der Waals surface area contributed by atoms with Gasteiger partial charge in [0.05, 0.1) is 7.11 Å². The number of hydrogen-bond donors (Lipinski definition) is 1. The Kier molecular flexibility index (Phi) is 4.85. The second-order valence-corrected chi connectivity index (χ2v) is 4.18. The molecule has 0 amide bonds. The summed E-state index contributed by atoms with van der Waals surface area (Å²) in [5.41, 5.74) is 8.08. The van der Waals surface area contributed by atoms with Crippen LogP contribution < -0.4 is 15.2 Å². The lowest BCUT2D eigenvalue weighted by molar-refractivity contribution is 0.339. The predicted octanol–water partition coefficient (Wildman–Crippen LogP) is 2.63. The standard InChI is InChI=1S/C13H17NO2.ClH/c1-9(14)5-10-6-11-7-12(15-2)3-4-13(11)16-8-10;/h3-4,6-7,9H,5,8,14H2,1-2H3;1H. The molecule has 2 N–H and O–H groups in total. The Hall–Kier alpha value is -1.19. The van der Waals surface area contributed by atoms with Crippen molar-refractivity contribution < 1.29 is 9.47 Å². The van der Waals surface area contributed by atoms with Gasteiger partial charge in [-0.3, -0.25) is 0 Å². The van der Waals surface area contributed by atoms with Gasteiger partial charge in [-0.25, -0.2) is 0 Å². The first-order valence-corrected chi connectivity index (χ1v) is 5.45. The van der Waals surface area contributed by atoms with Gasteiger partial charge in [-0.15, -0.1) is 12.4 Å². The molecule has 4 heteroatoms. The van der Waals surface area contributed by atoms with E-state index in [4.69, 9.17) is 15.2 Å². The molecule has 1 aromatic carbocycles. The van der Waals surface area contributed by atoms with Crippen LogP contribution in [0.25, 0.3) is 6.08 Å². The average Bonchev–Trinajstić information content (AvgIpc) is 2.27. The van der Waals surface area contributed by atoms with Crippen molar-refractivity contribution in [2.24, 2.45) is 5.73 Å². The lowest BCUT2D eigenvalue weighted by atomic mass is 10.0. The monoisotopic (exact) mass is 255 g/mol. The van der Waals surface area contributed by atoms with Crippen LogP contribution in [0.2, 0.25) is 0 Å². The van der Waals surface area contributed by atoms with Crippen LogP contribution in [-0.4, -0.2) is 19.8 Å². The fourth-order valence-corrected chi connectivity index (χ4v) is 1.86. The fraction of sp³-hybridized carbons (Fsp3) is 0.385. The lowest BCUT2D eigenvalue weighted by Crippen LogP contribution is -2.19. The second-order valence-electron chi connectivity index (χ2n) is 4.18. The van der Waals surface area contributed by atoms with Crippen molar-refractivity contribution in [1.29, 1.82) is 0 Å². The molecule has 0 spiro atoms. The van der Waals surface area contributed by atoms with Crippen LogP contribution in [0.4, 0.5) is 0 Å². The van der Waals surface area contributed by atoms with Crippen molar-refractivity contribution in [2.45, 2.75) is 19.4 Å². The highest BCUT2D eigenvalue weighted by Gasteiger charge is 2.12. The van der Waals surface area contributed by atoms with Gasteiger partial charge in [0.15, 0.2) is 0 Å². The van der Waals surface area contributed by atoms with Gasteiger partial charge in [-0.05, 0) is 43.2 Å². The number of benzene rings is 1. The third-order valence-corrected chi connectivity index (χ3v) is 2.57. The Morgan fingerprint density at radius 2 is 2.24 bits per heavy atom. The maximum atomic E-state index is 5.78. The van der Waals surface area contributed by atoms with E-state index in [1.165, 1.54) is 5.57 Å². The van der Waals surface area contributed by atoms with E-state index < -0.39 is 0 Å². The number of nitrogens with two attached hydrogens (primary N) is 1. The molecule has 0 aliphatic carbocycles. The highest BCUT2D eigenvalue weighted by atomic mass is 35.5.